The van der Waals surface area contributed by atoms with E-state index in [1.54, 1.807) is 0 Å². The van der Waals surface area contributed by atoms with E-state index < -0.39 is 19.5 Å². The van der Waals surface area contributed by atoms with Crippen LogP contribution in [0.15, 0.2) is 12.2 Å². The van der Waals surface area contributed by atoms with Gasteiger partial charge in [-0.15, -0.1) is 0 Å². The number of aliphatic carboxylic acids is 1. The number of carbonyl (C=O) groups is 1. The zero-order valence-corrected chi connectivity index (χ0v) is 17.1. The predicted octanol–water partition coefficient (Wildman–Crippen LogP) is 6.33. The SMILES string of the molecule is C[As](C)(=O)CCCCCCC/C=C/CCCCCCCC(=O)O. The van der Waals surface area contributed by atoms with Crippen molar-refractivity contribution in [3.8, 4) is 0 Å². The fraction of sp³-hybridized carbons (Fsp3) is 0.842. The summed E-state index contributed by atoms with van der Waals surface area (Å²) in [5, 5.41) is 9.50. The Bertz CT molecular complexity index is 358. The van der Waals surface area contributed by atoms with Crippen molar-refractivity contribution >= 4 is 19.5 Å². The summed E-state index contributed by atoms with van der Waals surface area (Å²) in [6.45, 7) is 0. The Labute approximate surface area is 145 Å². The van der Waals surface area contributed by atoms with Crippen molar-refractivity contribution in [3.05, 3.63) is 12.2 Å². The first-order valence-electron chi connectivity index (χ1n) is 9.32. The summed E-state index contributed by atoms with van der Waals surface area (Å²) in [5.41, 5.74) is 3.89. The van der Waals surface area contributed by atoms with Gasteiger partial charge in [0.25, 0.3) is 0 Å². The summed E-state index contributed by atoms with van der Waals surface area (Å²) in [4.78, 5) is 10.4. The zero-order valence-electron chi connectivity index (χ0n) is 15.3. The minimum Gasteiger partial charge on any atom is -0.481 e. The summed E-state index contributed by atoms with van der Waals surface area (Å²) < 4.78 is 11.6. The van der Waals surface area contributed by atoms with Crippen LogP contribution in [0.2, 0.25) is 16.6 Å². The first kappa shape index (κ1) is 22.6. The molecule has 0 aromatic rings. The van der Waals surface area contributed by atoms with E-state index in [4.69, 9.17) is 5.11 Å². The van der Waals surface area contributed by atoms with E-state index in [1.165, 1.54) is 44.9 Å². The number of hydrogen-bond acceptors (Lipinski definition) is 2. The van der Waals surface area contributed by atoms with E-state index in [0.29, 0.717) is 6.42 Å². The third-order valence-electron chi connectivity index (χ3n) is 4.00. The van der Waals surface area contributed by atoms with Gasteiger partial charge in [0.15, 0.2) is 0 Å². The molecule has 0 aliphatic carbocycles. The number of unbranched alkanes of at least 4 members (excludes halogenated alkanes) is 10. The van der Waals surface area contributed by atoms with Gasteiger partial charge in [0.05, 0.1) is 0 Å². The van der Waals surface area contributed by atoms with E-state index in [9.17, 15) is 8.53 Å². The molecule has 136 valence electrons. The van der Waals surface area contributed by atoms with Crippen molar-refractivity contribution in [2.75, 3.05) is 0 Å². The second-order valence-electron chi connectivity index (χ2n) is 7.03. The molecular formula is C19H37AsO3. The van der Waals surface area contributed by atoms with E-state index >= 15 is 0 Å². The van der Waals surface area contributed by atoms with E-state index in [0.717, 1.165) is 37.3 Å². The van der Waals surface area contributed by atoms with Crippen LogP contribution in [-0.4, -0.2) is 24.6 Å². The Hall–Kier alpha value is -0.432. The quantitative estimate of drug-likeness (QED) is 0.191. The molecule has 0 fully saturated rings. The number of carboxylic acid groups (broad SMARTS) is 1. The molecule has 3 nitrogen and oxygen atoms in total. The van der Waals surface area contributed by atoms with Gasteiger partial charge in [-0.2, -0.15) is 0 Å². The van der Waals surface area contributed by atoms with Crippen LogP contribution in [0.25, 0.3) is 0 Å². The normalized spacial score (nSPS) is 12.1. The fourth-order valence-corrected chi connectivity index (χ4v) is 4.66. The van der Waals surface area contributed by atoms with Crippen LogP contribution in [0, 0.1) is 0 Å². The molecule has 0 atom stereocenters. The van der Waals surface area contributed by atoms with Crippen molar-refractivity contribution in [2.24, 2.45) is 0 Å². The van der Waals surface area contributed by atoms with Crippen molar-refractivity contribution in [1.82, 2.24) is 0 Å². The Kier molecular flexibility index (Phi) is 14.8. The molecule has 0 saturated heterocycles. The predicted molar refractivity (Wildman–Crippen MR) is 99.8 cm³/mol. The molecule has 0 bridgehead atoms. The van der Waals surface area contributed by atoms with Gasteiger partial charge in [0, 0.05) is 6.42 Å². The maximum atomic E-state index is 11.6. The summed E-state index contributed by atoms with van der Waals surface area (Å²) in [6, 6.07) is 0. The molecule has 0 amide bonds. The number of carboxylic acids is 1. The van der Waals surface area contributed by atoms with E-state index in [1.807, 2.05) is 11.4 Å². The second kappa shape index (κ2) is 15.1. The molecule has 0 rings (SSSR count). The minimum absolute atomic E-state index is 0.316. The summed E-state index contributed by atoms with van der Waals surface area (Å²) in [6.07, 6.45) is 18.9. The first-order chi connectivity index (χ1) is 10.9. The number of rotatable bonds is 16. The zero-order chi connectivity index (χ0) is 17.4. The standard InChI is InChI=1S/C19H37AsO3/c1-20(2,23)18-16-14-12-10-8-6-4-3-5-7-9-11-13-15-17-19(21)22/h3-4H,5-18H2,1-2H3,(H,21,22)/b4-3+. The molecule has 0 spiro atoms. The Morgan fingerprint density at radius 3 is 1.70 bits per heavy atom. The van der Waals surface area contributed by atoms with Crippen LogP contribution >= 0.6 is 0 Å². The van der Waals surface area contributed by atoms with E-state index in [2.05, 4.69) is 12.2 Å². The molecule has 0 aliphatic rings. The Balaban J connectivity index is 3.17. The van der Waals surface area contributed by atoms with Crippen LogP contribution < -0.4 is 0 Å². The third kappa shape index (κ3) is 21.6. The van der Waals surface area contributed by atoms with Gasteiger partial charge in [-0.1, -0.05) is 12.8 Å². The molecule has 0 saturated carbocycles. The van der Waals surface area contributed by atoms with Gasteiger partial charge < -0.3 is 5.11 Å². The van der Waals surface area contributed by atoms with Gasteiger partial charge in [-0.25, -0.2) is 0 Å². The fourth-order valence-electron chi connectivity index (χ4n) is 2.59. The van der Waals surface area contributed by atoms with Crippen LogP contribution in [0.4, 0.5) is 0 Å². The Morgan fingerprint density at radius 2 is 1.22 bits per heavy atom. The molecule has 0 unspecified atom stereocenters. The van der Waals surface area contributed by atoms with Crippen LogP contribution in [-0.2, 0) is 8.53 Å². The van der Waals surface area contributed by atoms with Crippen LogP contribution in [0.3, 0.4) is 0 Å². The van der Waals surface area contributed by atoms with Gasteiger partial charge in [0.1, 0.15) is 0 Å². The van der Waals surface area contributed by atoms with Crippen LogP contribution in [0.5, 0.6) is 0 Å². The summed E-state index contributed by atoms with van der Waals surface area (Å²) >= 11 is -2.36. The van der Waals surface area contributed by atoms with Crippen molar-refractivity contribution in [1.29, 1.82) is 0 Å². The van der Waals surface area contributed by atoms with Gasteiger partial charge in [-0.3, -0.25) is 4.79 Å². The molecule has 0 aromatic heterocycles. The third-order valence-corrected chi connectivity index (χ3v) is 6.92. The first-order valence-corrected chi connectivity index (χ1v) is 15.2. The van der Waals surface area contributed by atoms with Gasteiger partial charge in [-0.05, 0) is 6.42 Å². The minimum atomic E-state index is -2.36. The summed E-state index contributed by atoms with van der Waals surface area (Å²) in [5.74, 6) is -0.676. The monoisotopic (exact) mass is 388 g/mol. The summed E-state index contributed by atoms with van der Waals surface area (Å²) in [7, 11) is 0. The average molecular weight is 388 g/mol. The number of hydrogen-bond donors (Lipinski definition) is 1. The molecule has 0 heterocycles. The van der Waals surface area contributed by atoms with Gasteiger partial charge in [0.2, 0.25) is 0 Å². The average Bonchev–Trinajstić information content (AvgIpc) is 2.45. The van der Waals surface area contributed by atoms with Crippen molar-refractivity contribution in [3.63, 3.8) is 0 Å². The molecule has 1 N–H and O–H groups in total. The molecule has 23 heavy (non-hydrogen) atoms. The van der Waals surface area contributed by atoms with E-state index in [-0.39, 0.29) is 0 Å². The van der Waals surface area contributed by atoms with Crippen molar-refractivity contribution < 1.29 is 13.6 Å². The molecular weight excluding hydrogens is 351 g/mol. The maximum absolute atomic E-state index is 11.6. The molecule has 0 aliphatic heterocycles. The van der Waals surface area contributed by atoms with Gasteiger partial charge >= 0.3 is 110 Å². The molecule has 0 aromatic carbocycles. The number of allylic oxidation sites excluding steroid dienone is 2. The molecule has 0 radical (unpaired) electrons. The Morgan fingerprint density at radius 1 is 0.783 bits per heavy atom. The second-order valence-corrected chi connectivity index (χ2v) is 14.6. The topological polar surface area (TPSA) is 54.4 Å². The van der Waals surface area contributed by atoms with Crippen molar-refractivity contribution in [2.45, 2.75) is 100 Å². The van der Waals surface area contributed by atoms with Crippen LogP contribution in [0.1, 0.15) is 83.5 Å². The smallest absolute Gasteiger partial charge is 0.481 e. The molecule has 4 heteroatoms.